The number of sulfonamides is 1. The molecule has 1 aliphatic carbocycles. The Morgan fingerprint density at radius 1 is 1.38 bits per heavy atom. The van der Waals surface area contributed by atoms with Gasteiger partial charge in [0.2, 0.25) is 10.0 Å². The third-order valence-corrected chi connectivity index (χ3v) is 5.27. The molecule has 0 heterocycles. The number of carboxylic acids is 1. The Morgan fingerprint density at radius 3 is 2.48 bits per heavy atom. The minimum atomic E-state index is -3.55. The molecule has 1 aromatic carbocycles. The number of ether oxygens (including phenoxy) is 1. The molecular formula is C14H19NO5S. The predicted molar refractivity (Wildman–Crippen MR) is 76.7 cm³/mol. The SMILES string of the molecule is CC(NS(=O)(=O)c1ccc(OCC(=O)O)cc1)C1CCC1. The third-order valence-electron chi connectivity index (χ3n) is 3.69. The van der Waals surface area contributed by atoms with Gasteiger partial charge in [0.1, 0.15) is 5.75 Å². The van der Waals surface area contributed by atoms with Crippen molar-refractivity contribution in [1.29, 1.82) is 0 Å². The smallest absolute Gasteiger partial charge is 0.341 e. The number of hydrogen-bond donors (Lipinski definition) is 2. The lowest BCUT2D eigenvalue weighted by atomic mass is 9.81. The molecule has 1 unspecified atom stereocenters. The summed E-state index contributed by atoms with van der Waals surface area (Å²) in [5.74, 6) is -0.343. The maximum absolute atomic E-state index is 12.2. The van der Waals surface area contributed by atoms with E-state index in [4.69, 9.17) is 9.84 Å². The molecule has 0 bridgehead atoms. The summed E-state index contributed by atoms with van der Waals surface area (Å²) in [7, 11) is -3.55. The summed E-state index contributed by atoms with van der Waals surface area (Å²) in [6.45, 7) is 1.43. The zero-order valence-corrected chi connectivity index (χ0v) is 12.6. The van der Waals surface area contributed by atoms with Crippen molar-refractivity contribution in [2.75, 3.05) is 6.61 Å². The van der Waals surface area contributed by atoms with E-state index in [0.717, 1.165) is 19.3 Å². The summed E-state index contributed by atoms with van der Waals surface area (Å²) in [6, 6.07) is 5.64. The molecule has 116 valence electrons. The molecule has 0 saturated heterocycles. The van der Waals surface area contributed by atoms with Crippen molar-refractivity contribution in [3.05, 3.63) is 24.3 Å². The van der Waals surface area contributed by atoms with Gasteiger partial charge in [-0.2, -0.15) is 0 Å². The number of hydrogen-bond acceptors (Lipinski definition) is 4. The minimum Gasteiger partial charge on any atom is -0.482 e. The molecule has 6 nitrogen and oxygen atoms in total. The van der Waals surface area contributed by atoms with Crippen LogP contribution in [-0.4, -0.2) is 32.1 Å². The van der Waals surface area contributed by atoms with E-state index >= 15 is 0 Å². The Labute approximate surface area is 124 Å². The normalized spacial score (nSPS) is 17.0. The lowest BCUT2D eigenvalue weighted by Gasteiger charge is -2.31. The largest absolute Gasteiger partial charge is 0.482 e. The molecule has 1 saturated carbocycles. The van der Waals surface area contributed by atoms with Crippen molar-refractivity contribution in [3.8, 4) is 5.75 Å². The molecule has 0 amide bonds. The summed E-state index contributed by atoms with van der Waals surface area (Å²) in [4.78, 5) is 10.5. The molecule has 0 radical (unpaired) electrons. The van der Waals surface area contributed by atoms with Gasteiger partial charge in [-0.1, -0.05) is 6.42 Å². The van der Waals surface area contributed by atoms with E-state index in [1.165, 1.54) is 24.3 Å². The second-order valence-corrected chi connectivity index (χ2v) is 6.97. The Bertz CT molecular complexity index is 592. The van der Waals surface area contributed by atoms with Crippen LogP contribution in [-0.2, 0) is 14.8 Å². The van der Waals surface area contributed by atoms with Gasteiger partial charge in [0.15, 0.2) is 6.61 Å². The van der Waals surface area contributed by atoms with Gasteiger partial charge >= 0.3 is 5.97 Å². The van der Waals surface area contributed by atoms with Gasteiger partial charge in [0.25, 0.3) is 0 Å². The molecule has 0 aliphatic heterocycles. The fraction of sp³-hybridized carbons (Fsp3) is 0.500. The summed E-state index contributed by atoms with van der Waals surface area (Å²) in [5.41, 5.74) is 0. The van der Waals surface area contributed by atoms with Crippen LogP contribution in [0.1, 0.15) is 26.2 Å². The van der Waals surface area contributed by atoms with Gasteiger partial charge < -0.3 is 9.84 Å². The summed E-state index contributed by atoms with van der Waals surface area (Å²) < 4.78 is 32.1. The predicted octanol–water partition coefficient (Wildman–Crippen LogP) is 1.62. The molecule has 1 atom stereocenters. The number of carbonyl (C=O) groups is 1. The van der Waals surface area contributed by atoms with Gasteiger partial charge in [-0.3, -0.25) is 0 Å². The second-order valence-electron chi connectivity index (χ2n) is 5.25. The molecule has 1 aliphatic rings. The maximum Gasteiger partial charge on any atom is 0.341 e. The molecule has 2 rings (SSSR count). The highest BCUT2D eigenvalue weighted by molar-refractivity contribution is 7.89. The van der Waals surface area contributed by atoms with Gasteiger partial charge in [0.05, 0.1) is 4.90 Å². The minimum absolute atomic E-state index is 0.0771. The van der Waals surface area contributed by atoms with Crippen LogP contribution in [0.3, 0.4) is 0 Å². The van der Waals surface area contributed by atoms with E-state index in [1.54, 1.807) is 0 Å². The lowest BCUT2D eigenvalue weighted by molar-refractivity contribution is -0.139. The number of nitrogens with one attached hydrogen (secondary N) is 1. The van der Waals surface area contributed by atoms with Crippen LogP contribution < -0.4 is 9.46 Å². The van der Waals surface area contributed by atoms with Crippen molar-refractivity contribution in [2.45, 2.75) is 37.1 Å². The molecule has 0 spiro atoms. The second kappa shape index (κ2) is 6.44. The fourth-order valence-corrected chi connectivity index (χ4v) is 3.52. The highest BCUT2D eigenvalue weighted by Gasteiger charge is 2.27. The van der Waals surface area contributed by atoms with Gasteiger partial charge in [-0.25, -0.2) is 17.9 Å². The third kappa shape index (κ3) is 4.18. The van der Waals surface area contributed by atoms with E-state index in [-0.39, 0.29) is 10.9 Å². The zero-order valence-electron chi connectivity index (χ0n) is 11.8. The quantitative estimate of drug-likeness (QED) is 0.798. The molecule has 0 aromatic heterocycles. The first-order valence-electron chi connectivity index (χ1n) is 6.85. The van der Waals surface area contributed by atoms with Crippen LogP contribution in [0, 0.1) is 5.92 Å². The van der Waals surface area contributed by atoms with E-state index in [2.05, 4.69) is 4.72 Å². The Hall–Kier alpha value is -1.60. The van der Waals surface area contributed by atoms with E-state index in [9.17, 15) is 13.2 Å². The molecule has 21 heavy (non-hydrogen) atoms. The van der Waals surface area contributed by atoms with Gasteiger partial charge in [0, 0.05) is 6.04 Å². The molecule has 1 fully saturated rings. The Kier molecular flexibility index (Phi) is 4.84. The number of benzene rings is 1. The maximum atomic E-state index is 12.2. The summed E-state index contributed by atoms with van der Waals surface area (Å²) in [5, 5.41) is 8.51. The molecule has 2 N–H and O–H groups in total. The first-order valence-corrected chi connectivity index (χ1v) is 8.34. The summed E-state index contributed by atoms with van der Waals surface area (Å²) >= 11 is 0. The van der Waals surface area contributed by atoms with Crippen LogP contribution in [0.5, 0.6) is 5.75 Å². The first-order chi connectivity index (χ1) is 9.88. The van der Waals surface area contributed by atoms with Crippen LogP contribution in [0.2, 0.25) is 0 Å². The zero-order chi connectivity index (χ0) is 15.5. The van der Waals surface area contributed by atoms with E-state index in [0.29, 0.717) is 11.7 Å². The monoisotopic (exact) mass is 313 g/mol. The van der Waals surface area contributed by atoms with Crippen molar-refractivity contribution < 1.29 is 23.1 Å². The number of rotatable bonds is 7. The topological polar surface area (TPSA) is 92.7 Å². The molecule has 1 aromatic rings. The molecular weight excluding hydrogens is 294 g/mol. The standard InChI is InChI=1S/C14H19NO5S/c1-10(11-3-2-4-11)15-21(18,19)13-7-5-12(6-8-13)20-9-14(16)17/h5-8,10-11,15H,2-4,9H2,1H3,(H,16,17). The van der Waals surface area contributed by atoms with Crippen molar-refractivity contribution in [1.82, 2.24) is 4.72 Å². The van der Waals surface area contributed by atoms with Gasteiger partial charge in [-0.15, -0.1) is 0 Å². The van der Waals surface area contributed by atoms with E-state index in [1.807, 2.05) is 6.92 Å². The van der Waals surface area contributed by atoms with E-state index < -0.39 is 22.6 Å². The average Bonchev–Trinajstić information content (AvgIpc) is 2.34. The van der Waals surface area contributed by atoms with Gasteiger partial charge in [-0.05, 0) is 49.9 Å². The van der Waals surface area contributed by atoms with Crippen LogP contribution in [0.4, 0.5) is 0 Å². The highest BCUT2D eigenvalue weighted by atomic mass is 32.2. The Balaban J connectivity index is 2.00. The lowest BCUT2D eigenvalue weighted by Crippen LogP contribution is -2.40. The molecule has 7 heteroatoms. The average molecular weight is 313 g/mol. The van der Waals surface area contributed by atoms with Crippen molar-refractivity contribution in [3.63, 3.8) is 0 Å². The first kappa shape index (κ1) is 15.8. The van der Waals surface area contributed by atoms with Crippen molar-refractivity contribution in [2.24, 2.45) is 5.92 Å². The van der Waals surface area contributed by atoms with Crippen LogP contribution >= 0.6 is 0 Å². The summed E-state index contributed by atoms with van der Waals surface area (Å²) in [6.07, 6.45) is 3.28. The highest BCUT2D eigenvalue weighted by Crippen LogP contribution is 2.30. The number of aliphatic carboxylic acids is 1. The Morgan fingerprint density at radius 2 is 2.00 bits per heavy atom. The number of carboxylic acid groups (broad SMARTS) is 1. The van der Waals surface area contributed by atoms with Crippen LogP contribution in [0.15, 0.2) is 29.2 Å². The van der Waals surface area contributed by atoms with Crippen LogP contribution in [0.25, 0.3) is 0 Å². The fourth-order valence-electron chi connectivity index (χ4n) is 2.21. The van der Waals surface area contributed by atoms with Crippen molar-refractivity contribution >= 4 is 16.0 Å².